The molecule has 3 aromatic rings. The molecule has 2 aromatic carbocycles. The van der Waals surface area contributed by atoms with Crippen molar-refractivity contribution in [3.63, 3.8) is 0 Å². The lowest BCUT2D eigenvalue weighted by Crippen LogP contribution is -2.40. The number of nitrogens with two attached hydrogens (primary N) is 1. The molecule has 0 aliphatic carbocycles. The maximum absolute atomic E-state index is 13.2. The number of aliphatic hydroxyl groups is 1. The summed E-state index contributed by atoms with van der Waals surface area (Å²) in [5, 5.41) is 15.8. The van der Waals surface area contributed by atoms with Gasteiger partial charge in [0.1, 0.15) is 0 Å². The molecule has 0 bridgehead atoms. The molecule has 4 rings (SSSR count). The molecule has 3 N–H and O–H groups in total. The van der Waals surface area contributed by atoms with E-state index in [9.17, 15) is 31.5 Å². The van der Waals surface area contributed by atoms with Crippen LogP contribution in [0.15, 0.2) is 49.0 Å². The van der Waals surface area contributed by atoms with Crippen LogP contribution >= 0.6 is 0 Å². The highest BCUT2D eigenvalue weighted by molar-refractivity contribution is 7.88. The second-order valence-corrected chi connectivity index (χ2v) is 14.1. The Hall–Kier alpha value is -3.72. The normalized spacial score (nSPS) is 15.5. The summed E-state index contributed by atoms with van der Waals surface area (Å²) >= 11 is 0. The number of aromatic nitrogens is 2. The Bertz CT molecular complexity index is 1720. The second-order valence-electron chi connectivity index (χ2n) is 12.1. The molecule has 10 nitrogen and oxygen atoms in total. The summed E-state index contributed by atoms with van der Waals surface area (Å²) < 4.78 is 72.5. The highest BCUT2D eigenvalue weighted by Crippen LogP contribution is 2.35. The van der Waals surface area contributed by atoms with E-state index >= 15 is 0 Å². The van der Waals surface area contributed by atoms with Gasteiger partial charge in [-0.05, 0) is 81.6 Å². The van der Waals surface area contributed by atoms with Crippen molar-refractivity contribution in [2.75, 3.05) is 44.8 Å². The molecule has 1 atom stereocenters. The van der Waals surface area contributed by atoms with Gasteiger partial charge in [-0.3, -0.25) is 4.68 Å². The minimum Gasteiger partial charge on any atom is -0.462 e. The fourth-order valence-electron chi connectivity index (χ4n) is 6.05. The number of allylic oxidation sites excluding steroid dienone is 1. The van der Waals surface area contributed by atoms with Crippen molar-refractivity contribution < 1.29 is 36.2 Å². The lowest BCUT2D eigenvalue weighted by Gasteiger charge is -2.34. The molecular formula is C34H44F3N5O5S. The SMILES string of the molecule is C=C(c1cc(C(=O)OCC)ccc1N)C1CCN(CC(O)Cn2nc(-c3ccc(C(F)(F)F)cc3)c(CN(CC)S(C)(=O)=O)c2C)CC1. The maximum Gasteiger partial charge on any atom is 0.416 e. The van der Waals surface area contributed by atoms with E-state index in [1.807, 2.05) is 0 Å². The molecule has 0 saturated carbocycles. The summed E-state index contributed by atoms with van der Waals surface area (Å²) in [5.74, 6) is -0.281. The number of benzene rings is 2. The standard InChI is InChI=1S/C34H44F3N5O5S/c1-6-41(48(5,45)46)21-30-23(4)42(39-32(30)25-8-11-27(12-9-25)34(35,36)37)20-28(43)19-40-16-14-24(15-17-40)22(3)29-18-26(10-13-31(29)38)33(44)47-7-2/h8-13,18,24,28,43H,3,6-7,14-17,19-21,38H2,1-2,4-5H3. The van der Waals surface area contributed by atoms with E-state index in [4.69, 9.17) is 10.5 Å². The zero-order valence-electron chi connectivity index (χ0n) is 27.8. The van der Waals surface area contributed by atoms with Gasteiger partial charge >= 0.3 is 12.1 Å². The number of nitrogen functional groups attached to an aromatic ring is 1. The molecule has 14 heteroatoms. The van der Waals surface area contributed by atoms with Gasteiger partial charge in [0.05, 0.1) is 42.3 Å². The number of hydrogen-bond donors (Lipinski definition) is 2. The molecule has 48 heavy (non-hydrogen) atoms. The Morgan fingerprint density at radius 1 is 1.15 bits per heavy atom. The average Bonchev–Trinajstić information content (AvgIpc) is 3.33. The number of alkyl halides is 3. The van der Waals surface area contributed by atoms with Gasteiger partial charge in [0, 0.05) is 47.7 Å². The van der Waals surface area contributed by atoms with E-state index in [1.54, 1.807) is 43.7 Å². The highest BCUT2D eigenvalue weighted by Gasteiger charge is 2.31. The van der Waals surface area contributed by atoms with Crippen LogP contribution in [0.4, 0.5) is 18.9 Å². The number of piperidine rings is 1. The first-order valence-electron chi connectivity index (χ1n) is 15.9. The summed E-state index contributed by atoms with van der Waals surface area (Å²) in [6, 6.07) is 9.64. The van der Waals surface area contributed by atoms with Crippen LogP contribution < -0.4 is 5.73 Å². The van der Waals surface area contributed by atoms with E-state index in [1.165, 1.54) is 16.4 Å². The van der Waals surface area contributed by atoms with Gasteiger partial charge in [-0.1, -0.05) is 25.6 Å². The molecule has 1 unspecified atom stereocenters. The highest BCUT2D eigenvalue weighted by atomic mass is 32.2. The summed E-state index contributed by atoms with van der Waals surface area (Å²) in [6.45, 7) is 11.8. The minimum atomic E-state index is -4.50. The number of esters is 1. The smallest absolute Gasteiger partial charge is 0.416 e. The minimum absolute atomic E-state index is 0.0156. The zero-order chi connectivity index (χ0) is 35.4. The molecule has 2 heterocycles. The summed E-state index contributed by atoms with van der Waals surface area (Å²) in [5.41, 5.74) is 9.91. The number of hydrogen-bond acceptors (Lipinski definition) is 8. The van der Waals surface area contributed by atoms with Crippen molar-refractivity contribution in [3.05, 3.63) is 77.0 Å². The fraction of sp³-hybridized carbons (Fsp3) is 0.471. The predicted octanol–water partition coefficient (Wildman–Crippen LogP) is 5.20. The summed E-state index contributed by atoms with van der Waals surface area (Å²) in [4.78, 5) is 14.4. The van der Waals surface area contributed by atoms with Gasteiger partial charge in [-0.2, -0.15) is 22.6 Å². The lowest BCUT2D eigenvalue weighted by molar-refractivity contribution is -0.137. The molecule has 1 aliphatic heterocycles. The number of sulfonamides is 1. The van der Waals surface area contributed by atoms with Crippen molar-refractivity contribution >= 4 is 27.3 Å². The van der Waals surface area contributed by atoms with Crippen LogP contribution in [0, 0.1) is 12.8 Å². The van der Waals surface area contributed by atoms with Crippen molar-refractivity contribution in [1.82, 2.24) is 19.0 Å². The average molecular weight is 692 g/mol. The number of anilines is 1. The topological polar surface area (TPSA) is 131 Å². The number of likely N-dealkylation sites (tertiary alicyclic amines) is 1. The molecule has 1 saturated heterocycles. The second kappa shape index (κ2) is 15.2. The Kier molecular flexibility index (Phi) is 11.8. The van der Waals surface area contributed by atoms with Gasteiger partial charge in [0.15, 0.2) is 0 Å². The van der Waals surface area contributed by atoms with Crippen molar-refractivity contribution in [2.24, 2.45) is 5.92 Å². The Morgan fingerprint density at radius 3 is 2.35 bits per heavy atom. The molecule has 1 aliphatic rings. The Morgan fingerprint density at radius 2 is 1.79 bits per heavy atom. The van der Waals surface area contributed by atoms with Gasteiger partial charge in [-0.25, -0.2) is 13.2 Å². The van der Waals surface area contributed by atoms with Crippen LogP contribution in [0.1, 0.15) is 59.4 Å². The van der Waals surface area contributed by atoms with Crippen LogP contribution in [0.5, 0.6) is 0 Å². The third-order valence-corrected chi connectivity index (χ3v) is 10.1. The molecule has 0 amide bonds. The van der Waals surface area contributed by atoms with E-state index in [-0.39, 0.29) is 32.2 Å². The summed E-state index contributed by atoms with van der Waals surface area (Å²) in [6.07, 6.45) is -2.68. The van der Waals surface area contributed by atoms with Crippen molar-refractivity contribution in [3.8, 4) is 11.3 Å². The number of carbonyl (C=O) groups is 1. The first kappa shape index (κ1) is 37.1. The number of nitrogens with zero attached hydrogens (tertiary/aromatic N) is 4. The van der Waals surface area contributed by atoms with Crippen LogP contribution in [0.3, 0.4) is 0 Å². The number of β-amino-alcohol motifs (C(OH)–C–C–N with tert-alkyl or cyclic N) is 1. The third-order valence-electron chi connectivity index (χ3n) is 8.82. The maximum atomic E-state index is 13.2. The van der Waals surface area contributed by atoms with E-state index < -0.39 is 33.8 Å². The first-order chi connectivity index (χ1) is 22.5. The van der Waals surface area contributed by atoms with Crippen LogP contribution in [-0.4, -0.2) is 83.6 Å². The molecule has 0 radical (unpaired) electrons. The van der Waals surface area contributed by atoms with Gasteiger partial charge in [0.2, 0.25) is 10.0 Å². The first-order valence-corrected chi connectivity index (χ1v) is 17.7. The van der Waals surface area contributed by atoms with Crippen LogP contribution in [0.2, 0.25) is 0 Å². The lowest BCUT2D eigenvalue weighted by atomic mass is 9.85. The molecule has 1 fully saturated rings. The zero-order valence-corrected chi connectivity index (χ0v) is 28.6. The van der Waals surface area contributed by atoms with Crippen LogP contribution in [0.25, 0.3) is 16.8 Å². The number of carbonyl (C=O) groups excluding carboxylic acids is 1. The predicted molar refractivity (Wildman–Crippen MR) is 179 cm³/mol. The Labute approximate surface area is 280 Å². The van der Waals surface area contributed by atoms with Gasteiger partial charge in [0.25, 0.3) is 0 Å². The van der Waals surface area contributed by atoms with Gasteiger partial charge < -0.3 is 20.5 Å². The fourth-order valence-corrected chi connectivity index (χ4v) is 6.89. The monoisotopic (exact) mass is 691 g/mol. The number of aliphatic hydroxyl groups excluding tert-OH is 1. The molecular weight excluding hydrogens is 647 g/mol. The Balaban J connectivity index is 1.46. The number of ether oxygens (including phenoxy) is 1. The number of halogens is 3. The van der Waals surface area contributed by atoms with E-state index in [0.717, 1.165) is 42.4 Å². The summed E-state index contributed by atoms with van der Waals surface area (Å²) in [7, 11) is -3.57. The van der Waals surface area contributed by atoms with E-state index in [0.29, 0.717) is 53.4 Å². The molecule has 0 spiro atoms. The van der Waals surface area contributed by atoms with Gasteiger partial charge in [-0.15, -0.1) is 0 Å². The van der Waals surface area contributed by atoms with Crippen molar-refractivity contribution in [2.45, 2.75) is 59.0 Å². The van der Waals surface area contributed by atoms with Crippen molar-refractivity contribution in [1.29, 1.82) is 0 Å². The number of rotatable bonds is 13. The molecule has 262 valence electrons. The molecule has 1 aromatic heterocycles. The van der Waals surface area contributed by atoms with E-state index in [2.05, 4.69) is 16.6 Å². The quantitative estimate of drug-likeness (QED) is 0.185. The van der Waals surface area contributed by atoms with Crippen LogP contribution in [-0.2, 0) is 34.0 Å². The third kappa shape index (κ3) is 8.84. The largest absolute Gasteiger partial charge is 0.462 e.